The molecule has 0 unspecified atom stereocenters. The number of benzene rings is 4. The quantitative estimate of drug-likeness (QED) is 0.351. The molecule has 4 aromatic carbocycles. The lowest BCUT2D eigenvalue weighted by atomic mass is 9.92. The van der Waals surface area contributed by atoms with Gasteiger partial charge in [-0.25, -0.2) is 0 Å². The van der Waals surface area contributed by atoms with E-state index in [1.807, 2.05) is 0 Å². The first-order chi connectivity index (χ1) is 13.9. The lowest BCUT2D eigenvalue weighted by Crippen LogP contribution is -2.08. The zero-order valence-corrected chi connectivity index (χ0v) is 15.8. The van der Waals surface area contributed by atoms with Crippen LogP contribution < -0.4 is 4.74 Å². The minimum Gasteiger partial charge on any atom is -0.456 e. The van der Waals surface area contributed by atoms with Gasteiger partial charge in [0.15, 0.2) is 0 Å². The monoisotopic (exact) mass is 362 g/mol. The number of para-hydroxylation sites is 2. The lowest BCUT2D eigenvalue weighted by molar-refractivity contribution is 0.450. The van der Waals surface area contributed by atoms with E-state index < -0.39 is 0 Å². The van der Waals surface area contributed by atoms with Crippen molar-refractivity contribution in [3.8, 4) is 11.5 Å². The molecule has 0 aliphatic carbocycles. The van der Waals surface area contributed by atoms with Crippen LogP contribution in [0.2, 0.25) is 0 Å². The van der Waals surface area contributed by atoms with E-state index in [9.17, 15) is 0 Å². The third kappa shape index (κ3) is 3.32. The highest BCUT2D eigenvalue weighted by atomic mass is 16.5. The maximum absolute atomic E-state index is 6.58. The summed E-state index contributed by atoms with van der Waals surface area (Å²) in [5.74, 6) is 2.08. The Bertz CT molecular complexity index is 1010. The zero-order valence-electron chi connectivity index (χ0n) is 15.8. The van der Waals surface area contributed by atoms with E-state index in [2.05, 4.69) is 97.1 Å². The molecule has 136 valence electrons. The second-order valence-electron chi connectivity index (χ2n) is 7.41. The second-order valence-corrected chi connectivity index (χ2v) is 7.41. The predicted octanol–water partition coefficient (Wildman–Crippen LogP) is 6.56. The number of hydrogen-bond acceptors (Lipinski definition) is 1. The summed E-state index contributed by atoms with van der Waals surface area (Å²) in [4.78, 5) is 0. The third-order valence-electron chi connectivity index (χ3n) is 5.42. The Kier molecular flexibility index (Phi) is 4.42. The van der Waals surface area contributed by atoms with Crippen molar-refractivity contribution >= 4 is 0 Å². The van der Waals surface area contributed by atoms with Gasteiger partial charge in [-0.05, 0) is 33.4 Å². The van der Waals surface area contributed by atoms with Crippen LogP contribution in [0.5, 0.6) is 11.5 Å². The maximum atomic E-state index is 6.58. The van der Waals surface area contributed by atoms with E-state index >= 15 is 0 Å². The summed E-state index contributed by atoms with van der Waals surface area (Å²) in [5, 5.41) is 0. The fourth-order valence-corrected chi connectivity index (χ4v) is 4.03. The van der Waals surface area contributed by atoms with Crippen molar-refractivity contribution in [3.63, 3.8) is 0 Å². The summed E-state index contributed by atoms with van der Waals surface area (Å²) in [7, 11) is 0. The smallest absolute Gasteiger partial charge is 0.134 e. The molecule has 4 aromatic rings. The Labute approximate surface area is 166 Å². The molecular formula is C27H22O. The predicted molar refractivity (Wildman–Crippen MR) is 114 cm³/mol. The van der Waals surface area contributed by atoms with Crippen LogP contribution in [0.1, 0.15) is 33.4 Å². The van der Waals surface area contributed by atoms with E-state index in [4.69, 9.17) is 4.74 Å². The molecule has 1 aliphatic rings. The molecule has 28 heavy (non-hydrogen) atoms. The van der Waals surface area contributed by atoms with Gasteiger partial charge in [0.05, 0.1) is 0 Å². The molecular weight excluding hydrogens is 340 g/mol. The van der Waals surface area contributed by atoms with E-state index in [-0.39, 0.29) is 0 Å². The SMILES string of the molecule is c1ccc(Cc2cccc3c2Oc2c(Cc4ccccc4)cccc2C3)cc1. The van der Waals surface area contributed by atoms with E-state index in [1.165, 1.54) is 33.4 Å². The first-order valence-corrected chi connectivity index (χ1v) is 9.84. The number of rotatable bonds is 4. The molecule has 0 aromatic heterocycles. The van der Waals surface area contributed by atoms with Crippen LogP contribution in [0.25, 0.3) is 0 Å². The summed E-state index contributed by atoms with van der Waals surface area (Å²) < 4.78 is 6.58. The highest BCUT2D eigenvalue weighted by Crippen LogP contribution is 2.41. The summed E-state index contributed by atoms with van der Waals surface area (Å²) in [6.07, 6.45) is 2.70. The van der Waals surface area contributed by atoms with Gasteiger partial charge < -0.3 is 4.74 Å². The molecule has 0 bridgehead atoms. The third-order valence-corrected chi connectivity index (χ3v) is 5.42. The lowest BCUT2D eigenvalue weighted by Gasteiger charge is -2.25. The van der Waals surface area contributed by atoms with Gasteiger partial charge in [-0.2, -0.15) is 0 Å². The van der Waals surface area contributed by atoms with Crippen LogP contribution in [-0.2, 0) is 19.3 Å². The van der Waals surface area contributed by atoms with E-state index in [0.29, 0.717) is 0 Å². The molecule has 0 fully saturated rings. The van der Waals surface area contributed by atoms with Crippen LogP contribution in [0, 0.1) is 0 Å². The van der Waals surface area contributed by atoms with Gasteiger partial charge >= 0.3 is 0 Å². The Morgan fingerprint density at radius 2 is 0.964 bits per heavy atom. The van der Waals surface area contributed by atoms with Gasteiger partial charge in [0.2, 0.25) is 0 Å². The highest BCUT2D eigenvalue weighted by molar-refractivity contribution is 5.57. The number of fused-ring (bicyclic) bond motifs is 2. The van der Waals surface area contributed by atoms with Gasteiger partial charge in [0, 0.05) is 19.3 Å². The van der Waals surface area contributed by atoms with Crippen molar-refractivity contribution in [1.29, 1.82) is 0 Å². The standard InChI is InChI=1S/C27H22O/c1-3-9-20(10-4-1)17-22-13-7-15-24-19-25-16-8-14-23(27(25)28-26(22)24)18-21-11-5-2-6-12-21/h1-16H,17-19H2. The van der Waals surface area contributed by atoms with Crippen molar-refractivity contribution in [2.75, 3.05) is 0 Å². The molecule has 0 radical (unpaired) electrons. The Hall–Kier alpha value is -3.32. The van der Waals surface area contributed by atoms with Gasteiger partial charge in [0.1, 0.15) is 11.5 Å². The average molecular weight is 362 g/mol. The largest absolute Gasteiger partial charge is 0.456 e. The van der Waals surface area contributed by atoms with Gasteiger partial charge in [-0.15, -0.1) is 0 Å². The zero-order chi connectivity index (χ0) is 18.8. The van der Waals surface area contributed by atoms with Crippen LogP contribution >= 0.6 is 0 Å². The molecule has 5 rings (SSSR count). The van der Waals surface area contributed by atoms with Crippen molar-refractivity contribution in [3.05, 3.63) is 130 Å². The fraction of sp³-hybridized carbons (Fsp3) is 0.111. The van der Waals surface area contributed by atoms with Gasteiger partial charge in [0.25, 0.3) is 0 Å². The minimum absolute atomic E-state index is 0.889. The minimum atomic E-state index is 0.889. The highest BCUT2D eigenvalue weighted by Gasteiger charge is 2.22. The summed E-state index contributed by atoms with van der Waals surface area (Å²) in [6.45, 7) is 0. The van der Waals surface area contributed by atoms with Crippen LogP contribution in [0.3, 0.4) is 0 Å². The van der Waals surface area contributed by atoms with Crippen molar-refractivity contribution in [1.82, 2.24) is 0 Å². The molecule has 1 heteroatoms. The summed E-state index contributed by atoms with van der Waals surface area (Å²) in [6, 6.07) is 34.3. The van der Waals surface area contributed by atoms with E-state index in [1.54, 1.807) is 0 Å². The molecule has 1 nitrogen and oxygen atoms in total. The maximum Gasteiger partial charge on any atom is 0.134 e. The second kappa shape index (κ2) is 7.36. The van der Waals surface area contributed by atoms with Gasteiger partial charge in [-0.3, -0.25) is 0 Å². The van der Waals surface area contributed by atoms with Crippen LogP contribution in [0.4, 0.5) is 0 Å². The van der Waals surface area contributed by atoms with Crippen LogP contribution in [0.15, 0.2) is 97.1 Å². The summed E-state index contributed by atoms with van der Waals surface area (Å²) >= 11 is 0. The average Bonchev–Trinajstić information content (AvgIpc) is 2.75. The molecule has 0 saturated carbocycles. The molecule has 0 spiro atoms. The first-order valence-electron chi connectivity index (χ1n) is 9.84. The van der Waals surface area contributed by atoms with Crippen molar-refractivity contribution in [2.45, 2.75) is 19.3 Å². The van der Waals surface area contributed by atoms with Gasteiger partial charge in [-0.1, -0.05) is 97.1 Å². The normalized spacial score (nSPS) is 12.0. The molecule has 0 saturated heterocycles. The van der Waals surface area contributed by atoms with Crippen molar-refractivity contribution in [2.24, 2.45) is 0 Å². The van der Waals surface area contributed by atoms with E-state index in [0.717, 1.165) is 30.8 Å². The molecule has 1 aliphatic heterocycles. The fourth-order valence-electron chi connectivity index (χ4n) is 4.03. The molecule has 0 N–H and O–H groups in total. The Balaban J connectivity index is 1.50. The molecule has 0 amide bonds. The van der Waals surface area contributed by atoms with Crippen molar-refractivity contribution < 1.29 is 4.74 Å². The number of hydrogen-bond donors (Lipinski definition) is 0. The van der Waals surface area contributed by atoms with Crippen LogP contribution in [-0.4, -0.2) is 0 Å². The Morgan fingerprint density at radius 3 is 1.43 bits per heavy atom. The summed E-state index contributed by atoms with van der Waals surface area (Å²) in [5.41, 5.74) is 7.68. The Morgan fingerprint density at radius 1 is 0.500 bits per heavy atom. The molecule has 1 heterocycles. The first kappa shape index (κ1) is 16.8. The number of ether oxygens (including phenoxy) is 1. The topological polar surface area (TPSA) is 9.23 Å². The molecule has 0 atom stereocenters.